The normalized spacial score (nSPS) is 26.3. The number of aromatic amines is 1. The number of hydrogen-bond donors (Lipinski definition) is 5. The standard InChI is InChI=1S/C18H18FN5O6/c19-9-3-1-8(2-4-9)5-11(26)18(14(28)13(27)10(6-25)30-18)24-7-21-12-15(24)22-17(20)23-16(12)29/h1-4,7,10,13-14,25,27-28H,5-6H2,(H3,20,22,23,29)/t10-,13-,14-,18-/m1/s1. The minimum Gasteiger partial charge on any atom is -0.394 e. The van der Waals surface area contributed by atoms with Crippen LogP contribution in [-0.4, -0.2) is 65.5 Å². The number of H-pyrrole nitrogens is 1. The number of nitrogen functional groups attached to an aromatic ring is 1. The summed E-state index contributed by atoms with van der Waals surface area (Å²) < 4.78 is 19.9. The van der Waals surface area contributed by atoms with Gasteiger partial charge in [-0.15, -0.1) is 0 Å². The Labute approximate surface area is 167 Å². The molecule has 3 aromatic rings. The Morgan fingerprint density at radius 2 is 2.03 bits per heavy atom. The molecule has 4 rings (SSSR count). The topological polar surface area (TPSA) is 177 Å². The second kappa shape index (κ2) is 7.25. The molecule has 2 aromatic heterocycles. The molecular formula is C18H18FN5O6. The largest absolute Gasteiger partial charge is 0.394 e. The molecule has 0 bridgehead atoms. The lowest BCUT2D eigenvalue weighted by Gasteiger charge is -2.32. The number of rotatable bonds is 5. The number of benzene rings is 1. The molecule has 158 valence electrons. The molecule has 0 radical (unpaired) electrons. The van der Waals surface area contributed by atoms with Crippen LogP contribution in [0, 0.1) is 5.82 Å². The number of hydrogen-bond acceptors (Lipinski definition) is 9. The minimum atomic E-state index is -2.26. The summed E-state index contributed by atoms with van der Waals surface area (Å²) in [7, 11) is 0. The lowest BCUT2D eigenvalue weighted by Crippen LogP contribution is -2.52. The van der Waals surface area contributed by atoms with Gasteiger partial charge in [0, 0.05) is 6.42 Å². The highest BCUT2D eigenvalue weighted by Crippen LogP contribution is 2.39. The molecular weight excluding hydrogens is 401 g/mol. The van der Waals surface area contributed by atoms with Crippen LogP contribution in [0.4, 0.5) is 10.3 Å². The fourth-order valence-electron chi connectivity index (χ4n) is 3.60. The molecule has 1 aliphatic heterocycles. The van der Waals surface area contributed by atoms with Crippen molar-refractivity contribution in [1.29, 1.82) is 0 Å². The summed E-state index contributed by atoms with van der Waals surface area (Å²) in [5.41, 5.74) is 2.75. The fourth-order valence-corrected chi connectivity index (χ4v) is 3.60. The van der Waals surface area contributed by atoms with Crippen LogP contribution in [0.15, 0.2) is 35.4 Å². The van der Waals surface area contributed by atoms with Crippen molar-refractivity contribution in [3.05, 3.63) is 52.3 Å². The number of fused-ring (bicyclic) bond motifs is 1. The highest BCUT2D eigenvalue weighted by atomic mass is 19.1. The van der Waals surface area contributed by atoms with Gasteiger partial charge >= 0.3 is 0 Å². The van der Waals surface area contributed by atoms with E-state index in [-0.39, 0.29) is 23.5 Å². The van der Waals surface area contributed by atoms with Crippen LogP contribution in [0.1, 0.15) is 5.56 Å². The van der Waals surface area contributed by atoms with Crippen LogP contribution in [0.3, 0.4) is 0 Å². The first-order valence-corrected chi connectivity index (χ1v) is 8.93. The predicted molar refractivity (Wildman–Crippen MR) is 99.6 cm³/mol. The van der Waals surface area contributed by atoms with Crippen molar-refractivity contribution in [2.24, 2.45) is 0 Å². The zero-order valence-electron chi connectivity index (χ0n) is 15.4. The SMILES string of the molecule is Nc1nc2c(ncn2[C@]2(C(=O)Cc3ccc(F)cc3)O[C@H](CO)[C@@H](O)[C@H]2O)c(=O)[nH]1. The average molecular weight is 419 g/mol. The van der Waals surface area contributed by atoms with Crippen molar-refractivity contribution in [3.8, 4) is 0 Å². The quantitative estimate of drug-likeness (QED) is 0.326. The number of carbonyl (C=O) groups excluding carboxylic acids is 1. The van der Waals surface area contributed by atoms with Gasteiger partial charge in [0.05, 0.1) is 6.61 Å². The van der Waals surface area contributed by atoms with Crippen LogP contribution in [0.2, 0.25) is 0 Å². The summed E-state index contributed by atoms with van der Waals surface area (Å²) in [5.74, 6) is -1.49. The van der Waals surface area contributed by atoms with Gasteiger partial charge in [-0.3, -0.25) is 19.1 Å². The first-order chi connectivity index (χ1) is 14.3. The molecule has 1 aliphatic rings. The van der Waals surface area contributed by atoms with E-state index in [9.17, 15) is 29.3 Å². The van der Waals surface area contributed by atoms with Gasteiger partial charge in [-0.1, -0.05) is 12.1 Å². The predicted octanol–water partition coefficient (Wildman–Crippen LogP) is -1.58. The first-order valence-electron chi connectivity index (χ1n) is 8.93. The Balaban J connectivity index is 1.88. The van der Waals surface area contributed by atoms with Crippen molar-refractivity contribution in [1.82, 2.24) is 19.5 Å². The number of Topliss-reactive ketones (excluding diaryl/α,β-unsaturated/α-hetero) is 1. The van der Waals surface area contributed by atoms with E-state index in [1.807, 2.05) is 0 Å². The third-order valence-corrected chi connectivity index (χ3v) is 5.08. The summed E-state index contributed by atoms with van der Waals surface area (Å²) in [6.45, 7) is -0.688. The van der Waals surface area contributed by atoms with Crippen LogP contribution in [0.25, 0.3) is 11.2 Å². The lowest BCUT2D eigenvalue weighted by molar-refractivity contribution is -0.173. The molecule has 11 nitrogen and oxygen atoms in total. The number of ether oxygens (including phenoxy) is 1. The van der Waals surface area contributed by atoms with Crippen molar-refractivity contribution in [2.75, 3.05) is 12.3 Å². The molecule has 0 saturated carbocycles. The number of aromatic nitrogens is 4. The Kier molecular flexibility index (Phi) is 4.86. The number of ketones is 1. The average Bonchev–Trinajstić information content (AvgIpc) is 3.24. The number of nitrogens with zero attached hydrogens (tertiary/aromatic N) is 3. The van der Waals surface area contributed by atoms with E-state index >= 15 is 0 Å². The number of nitrogens with one attached hydrogen (secondary N) is 1. The van der Waals surface area contributed by atoms with E-state index in [2.05, 4.69) is 15.0 Å². The van der Waals surface area contributed by atoms with Gasteiger partial charge in [0.25, 0.3) is 5.56 Å². The maximum atomic E-state index is 13.4. The van der Waals surface area contributed by atoms with Gasteiger partial charge in [0.15, 0.2) is 16.9 Å². The van der Waals surface area contributed by atoms with Crippen molar-refractivity contribution < 1.29 is 29.2 Å². The second-order valence-corrected chi connectivity index (χ2v) is 6.94. The Hall–Kier alpha value is -3.19. The maximum Gasteiger partial charge on any atom is 0.280 e. The third kappa shape index (κ3) is 2.97. The van der Waals surface area contributed by atoms with Crippen LogP contribution >= 0.6 is 0 Å². The number of aliphatic hydroxyl groups is 3. The molecule has 4 atom stereocenters. The van der Waals surface area contributed by atoms with Crippen LogP contribution < -0.4 is 11.3 Å². The zero-order chi connectivity index (χ0) is 21.6. The summed E-state index contributed by atoms with van der Waals surface area (Å²) in [5, 5.41) is 30.7. The van der Waals surface area contributed by atoms with Gasteiger partial charge in [-0.05, 0) is 17.7 Å². The zero-order valence-corrected chi connectivity index (χ0v) is 15.4. The number of carbonyl (C=O) groups is 1. The van der Waals surface area contributed by atoms with Crippen LogP contribution in [-0.2, 0) is 21.7 Å². The number of nitrogens with two attached hydrogens (primary N) is 1. The van der Waals surface area contributed by atoms with E-state index < -0.39 is 47.8 Å². The number of anilines is 1. The van der Waals surface area contributed by atoms with Gasteiger partial charge in [-0.25, -0.2) is 9.37 Å². The summed E-state index contributed by atoms with van der Waals surface area (Å²) in [6.07, 6.45) is -4.01. The number of imidazole rings is 1. The van der Waals surface area contributed by atoms with Crippen molar-refractivity contribution in [3.63, 3.8) is 0 Å². The highest BCUT2D eigenvalue weighted by molar-refractivity contribution is 5.90. The molecule has 1 fully saturated rings. The molecule has 3 heterocycles. The van der Waals surface area contributed by atoms with Crippen LogP contribution in [0.5, 0.6) is 0 Å². The Morgan fingerprint density at radius 1 is 1.33 bits per heavy atom. The smallest absolute Gasteiger partial charge is 0.280 e. The molecule has 0 aliphatic carbocycles. The maximum absolute atomic E-state index is 13.4. The summed E-state index contributed by atoms with van der Waals surface area (Å²) >= 11 is 0. The van der Waals surface area contributed by atoms with Gasteiger partial charge < -0.3 is 25.8 Å². The van der Waals surface area contributed by atoms with E-state index in [0.29, 0.717) is 5.56 Å². The van der Waals surface area contributed by atoms with E-state index in [4.69, 9.17) is 10.5 Å². The van der Waals surface area contributed by atoms with E-state index in [1.165, 1.54) is 24.3 Å². The summed E-state index contributed by atoms with van der Waals surface area (Å²) in [4.78, 5) is 35.7. The lowest BCUT2D eigenvalue weighted by atomic mass is 9.93. The third-order valence-electron chi connectivity index (χ3n) is 5.08. The molecule has 12 heteroatoms. The van der Waals surface area contributed by atoms with Gasteiger partial charge in [0.2, 0.25) is 11.7 Å². The monoisotopic (exact) mass is 419 g/mol. The number of halogens is 1. The molecule has 6 N–H and O–H groups in total. The molecule has 0 spiro atoms. The van der Waals surface area contributed by atoms with E-state index in [1.54, 1.807) is 0 Å². The van der Waals surface area contributed by atoms with E-state index in [0.717, 1.165) is 10.9 Å². The highest BCUT2D eigenvalue weighted by Gasteiger charge is 2.60. The molecule has 0 unspecified atom stereocenters. The Morgan fingerprint density at radius 3 is 2.67 bits per heavy atom. The first kappa shape index (κ1) is 20.1. The molecule has 30 heavy (non-hydrogen) atoms. The van der Waals surface area contributed by atoms with Gasteiger partial charge in [0.1, 0.15) is 30.5 Å². The molecule has 1 aromatic carbocycles. The minimum absolute atomic E-state index is 0.159. The summed E-state index contributed by atoms with van der Waals surface area (Å²) in [6, 6.07) is 5.10. The molecule has 1 saturated heterocycles. The molecule has 0 amide bonds. The Bertz CT molecular complexity index is 1160. The van der Waals surface area contributed by atoms with Crippen molar-refractivity contribution >= 4 is 22.9 Å². The number of aliphatic hydroxyl groups excluding tert-OH is 3. The fraction of sp³-hybridized carbons (Fsp3) is 0.333. The second-order valence-electron chi connectivity index (χ2n) is 6.94. The van der Waals surface area contributed by atoms with Crippen molar-refractivity contribution in [2.45, 2.75) is 30.5 Å². The van der Waals surface area contributed by atoms with Gasteiger partial charge in [-0.2, -0.15) is 4.98 Å².